The first kappa shape index (κ1) is 24.7. The molecular weight excluding hydrogens is 456 g/mol. The van der Waals surface area contributed by atoms with E-state index in [1.807, 2.05) is 13.1 Å². The van der Waals surface area contributed by atoms with Gasteiger partial charge in [0, 0.05) is 12.1 Å². The van der Waals surface area contributed by atoms with E-state index in [1.165, 1.54) is 24.3 Å². The highest BCUT2D eigenvalue weighted by Gasteiger charge is 2.44. The average molecular weight is 483 g/mol. The molecule has 0 radical (unpaired) electrons. The summed E-state index contributed by atoms with van der Waals surface area (Å²) in [7, 11) is -8.61. The summed E-state index contributed by atoms with van der Waals surface area (Å²) in [5.74, 6) is 0.281. The van der Waals surface area contributed by atoms with E-state index >= 15 is 0 Å². The van der Waals surface area contributed by atoms with Gasteiger partial charge in [0.05, 0.1) is 9.85 Å². The Hall–Kier alpha value is -2.59. The third-order valence-corrected chi connectivity index (χ3v) is 13.1. The van der Waals surface area contributed by atoms with Crippen molar-refractivity contribution in [3.05, 3.63) is 68.8 Å². The van der Waals surface area contributed by atoms with E-state index in [0.717, 1.165) is 0 Å². The lowest BCUT2D eigenvalue weighted by molar-refractivity contribution is -0.385. The van der Waals surface area contributed by atoms with Crippen LogP contribution >= 0.6 is 0 Å². The summed E-state index contributed by atoms with van der Waals surface area (Å²) in [6, 6.07) is 12.2. The number of rotatable bonds is 10. The molecule has 0 saturated heterocycles. The van der Waals surface area contributed by atoms with Crippen LogP contribution < -0.4 is 8.85 Å². The van der Waals surface area contributed by atoms with Crippen LogP contribution in [0, 0.1) is 20.2 Å². The molecule has 2 aromatic carbocycles. The Morgan fingerprint density at radius 2 is 0.935 bits per heavy atom. The predicted octanol–water partition coefficient (Wildman–Crippen LogP) is 5.10. The summed E-state index contributed by atoms with van der Waals surface area (Å²) in [4.78, 5) is 21.5. The Kier molecular flexibility index (Phi) is 7.38. The van der Waals surface area contributed by atoms with E-state index in [2.05, 4.69) is 0 Å². The van der Waals surface area contributed by atoms with E-state index in [1.54, 1.807) is 50.5 Å². The summed E-state index contributed by atoms with van der Waals surface area (Å²) in [5.41, 5.74) is -0.275. The largest absolute Gasteiger partial charge is 0.516 e. The summed E-state index contributed by atoms with van der Waals surface area (Å²) in [6.45, 7) is 10.8. The van der Waals surface area contributed by atoms with Crippen LogP contribution in [0.2, 0.25) is 39.3 Å². The number of nitro groups is 2. The molecule has 2 aromatic rings. The zero-order valence-electron chi connectivity index (χ0n) is 18.3. The highest BCUT2D eigenvalue weighted by Crippen LogP contribution is 2.32. The van der Waals surface area contributed by atoms with Crippen LogP contribution in [0.4, 0.5) is 11.4 Å². The highest BCUT2D eigenvalue weighted by molar-refractivity contribution is 6.84. The van der Waals surface area contributed by atoms with Crippen molar-refractivity contribution in [3.63, 3.8) is 0 Å². The number of nitro benzene ring substituents is 2. The van der Waals surface area contributed by atoms with E-state index in [-0.39, 0.29) is 22.9 Å². The lowest BCUT2D eigenvalue weighted by Crippen LogP contribution is -2.56. The lowest BCUT2D eigenvalue weighted by Gasteiger charge is -2.37. The van der Waals surface area contributed by atoms with Gasteiger partial charge in [-0.1, -0.05) is 24.3 Å². The van der Waals surface area contributed by atoms with Crippen LogP contribution in [0.25, 0.3) is 0 Å². The summed E-state index contributed by atoms with van der Waals surface area (Å²) < 4.78 is 24.4. The molecule has 0 fully saturated rings. The molecule has 0 aliphatic heterocycles. The van der Waals surface area contributed by atoms with E-state index < -0.39 is 35.5 Å². The second kappa shape index (κ2) is 9.27. The van der Waals surface area contributed by atoms with Crippen LogP contribution in [0.5, 0.6) is 11.5 Å². The monoisotopic (exact) mass is 482 g/mol. The maximum absolute atomic E-state index is 11.3. The zero-order valence-corrected chi connectivity index (χ0v) is 21.3. The van der Waals surface area contributed by atoms with Crippen LogP contribution in [0.15, 0.2) is 48.5 Å². The van der Waals surface area contributed by atoms with Crippen molar-refractivity contribution in [1.82, 2.24) is 0 Å². The molecule has 0 spiro atoms. The summed E-state index contributed by atoms with van der Waals surface area (Å²) in [6.07, 6.45) is 0. The molecule has 10 nitrogen and oxygen atoms in total. The lowest BCUT2D eigenvalue weighted by atomic mass is 10.3. The predicted molar refractivity (Wildman–Crippen MR) is 122 cm³/mol. The Morgan fingerprint density at radius 1 is 0.613 bits per heavy atom. The maximum Gasteiger partial charge on any atom is 0.383 e. The minimum Gasteiger partial charge on any atom is -0.516 e. The fourth-order valence-corrected chi connectivity index (χ4v) is 14.9. The van der Waals surface area contributed by atoms with Crippen molar-refractivity contribution >= 4 is 37.1 Å². The van der Waals surface area contributed by atoms with Gasteiger partial charge in [-0.05, 0) is 51.4 Å². The molecule has 0 bridgehead atoms. The molecule has 0 aliphatic carbocycles. The minimum absolute atomic E-state index is 0.138. The van der Waals surface area contributed by atoms with Gasteiger partial charge < -0.3 is 17.1 Å². The van der Waals surface area contributed by atoms with Gasteiger partial charge >= 0.3 is 37.1 Å². The second-order valence-electron chi connectivity index (χ2n) is 8.06. The minimum atomic E-state index is -2.89. The third-order valence-electron chi connectivity index (χ3n) is 3.82. The Balaban J connectivity index is 2.14. The Bertz CT molecular complexity index is 893. The number of nitrogens with zero attached hydrogens (tertiary/aromatic N) is 2. The van der Waals surface area contributed by atoms with E-state index in [0.29, 0.717) is 0 Å². The smallest absolute Gasteiger partial charge is 0.383 e. The third kappa shape index (κ3) is 7.25. The van der Waals surface area contributed by atoms with Gasteiger partial charge in [-0.15, -0.1) is 0 Å². The van der Waals surface area contributed by atoms with Crippen molar-refractivity contribution in [2.75, 3.05) is 0 Å². The van der Waals surface area contributed by atoms with Gasteiger partial charge in [-0.2, -0.15) is 0 Å². The topological polar surface area (TPSA) is 123 Å². The van der Waals surface area contributed by atoms with Gasteiger partial charge in [0.2, 0.25) is 0 Å². The van der Waals surface area contributed by atoms with Crippen molar-refractivity contribution in [2.45, 2.75) is 39.3 Å². The van der Waals surface area contributed by atoms with Crippen LogP contribution in [-0.4, -0.2) is 35.5 Å². The SMILES string of the molecule is C[Si](C)(Oc1ccccc1[N+](=O)[O-])O[Si](C)(C)O[Si](C)(C)Oc1ccccc1[N+](=O)[O-]. The highest BCUT2D eigenvalue weighted by atomic mass is 28.5. The number of hydrogen-bond donors (Lipinski definition) is 0. The fraction of sp³-hybridized carbons (Fsp3) is 0.333. The van der Waals surface area contributed by atoms with Crippen LogP contribution in [-0.2, 0) is 8.23 Å². The molecule has 0 aromatic heterocycles. The van der Waals surface area contributed by atoms with Crippen LogP contribution in [0.1, 0.15) is 0 Å². The van der Waals surface area contributed by atoms with Crippen molar-refractivity contribution in [2.24, 2.45) is 0 Å². The Labute approximate surface area is 183 Å². The molecule has 0 saturated carbocycles. The van der Waals surface area contributed by atoms with Gasteiger partial charge in [0.1, 0.15) is 0 Å². The molecule has 168 valence electrons. The molecule has 0 amide bonds. The molecule has 0 heterocycles. The van der Waals surface area contributed by atoms with E-state index in [9.17, 15) is 20.2 Å². The molecule has 2 rings (SSSR count). The van der Waals surface area contributed by atoms with Gasteiger partial charge in [0.25, 0.3) is 0 Å². The normalized spacial score (nSPS) is 12.3. The van der Waals surface area contributed by atoms with Crippen LogP contribution in [0.3, 0.4) is 0 Å². The van der Waals surface area contributed by atoms with Crippen molar-refractivity contribution in [3.8, 4) is 11.5 Å². The van der Waals surface area contributed by atoms with Gasteiger partial charge in [-0.3, -0.25) is 20.2 Å². The standard InChI is InChI=1S/C18H26N2O8Si3/c1-29(2,25-17-13-9-7-11-15(17)19(21)22)27-31(5,6)28-30(3,4)26-18-14-10-8-12-16(18)20(23)24/h7-14H,1-6H3. The zero-order chi connectivity index (χ0) is 23.4. The van der Waals surface area contributed by atoms with Gasteiger partial charge in [-0.25, -0.2) is 0 Å². The maximum atomic E-state index is 11.3. The average Bonchev–Trinajstić information content (AvgIpc) is 2.59. The molecule has 0 aliphatic rings. The molecular formula is C18H26N2O8Si3. The van der Waals surface area contributed by atoms with E-state index in [4.69, 9.17) is 17.1 Å². The molecule has 0 N–H and O–H groups in total. The van der Waals surface area contributed by atoms with Crippen molar-refractivity contribution < 1.29 is 26.9 Å². The molecule has 0 atom stereocenters. The first-order valence-electron chi connectivity index (χ1n) is 9.47. The summed E-state index contributed by atoms with van der Waals surface area (Å²) >= 11 is 0. The van der Waals surface area contributed by atoms with Crippen molar-refractivity contribution in [1.29, 1.82) is 0 Å². The summed E-state index contributed by atoms with van der Waals surface area (Å²) in [5, 5.41) is 22.5. The second-order valence-corrected chi connectivity index (χ2v) is 18.5. The Morgan fingerprint density at radius 3 is 1.26 bits per heavy atom. The number of para-hydroxylation sites is 4. The first-order valence-corrected chi connectivity index (χ1v) is 17.9. The molecule has 0 unspecified atom stereocenters. The number of hydrogen-bond acceptors (Lipinski definition) is 8. The van der Waals surface area contributed by atoms with Gasteiger partial charge in [0.15, 0.2) is 11.5 Å². The number of benzene rings is 2. The first-order chi connectivity index (χ1) is 14.2. The molecule has 13 heteroatoms. The quantitative estimate of drug-likeness (QED) is 0.260. The molecule has 31 heavy (non-hydrogen) atoms. The fourth-order valence-electron chi connectivity index (χ4n) is 3.16.